The molecule has 1 atom stereocenters. The van der Waals surface area contributed by atoms with Crippen molar-refractivity contribution in [2.45, 2.75) is 30.4 Å². The molecule has 1 saturated heterocycles. The van der Waals surface area contributed by atoms with Crippen LogP contribution in [0.1, 0.15) is 30.7 Å². The summed E-state index contributed by atoms with van der Waals surface area (Å²) in [5.41, 5.74) is 0. The molecule has 2 aromatic rings. The van der Waals surface area contributed by atoms with Gasteiger partial charge >= 0.3 is 0 Å². The van der Waals surface area contributed by atoms with Gasteiger partial charge in [0.05, 0.1) is 12.3 Å². The quantitative estimate of drug-likeness (QED) is 0.804. The lowest BCUT2D eigenvalue weighted by Crippen LogP contribution is -2.25. The molecule has 8 heteroatoms. The third-order valence-electron chi connectivity index (χ3n) is 3.32. The van der Waals surface area contributed by atoms with E-state index in [4.69, 9.17) is 20.9 Å². The fourth-order valence-electron chi connectivity index (χ4n) is 2.15. The Morgan fingerprint density at radius 3 is 2.96 bits per heavy atom. The Kier molecular flexibility index (Phi) is 5.53. The number of benzene rings is 1. The molecule has 1 N–H and O–H groups in total. The lowest BCUT2D eigenvalue weighted by molar-refractivity contribution is -0.118. The maximum absolute atomic E-state index is 11.9. The minimum Gasteiger partial charge on any atom is -0.368 e. The molecule has 3 rings (SSSR count). The van der Waals surface area contributed by atoms with Crippen LogP contribution in [0.25, 0.3) is 0 Å². The highest BCUT2D eigenvalue weighted by molar-refractivity contribution is 8.00. The van der Waals surface area contributed by atoms with Crippen molar-refractivity contribution in [3.8, 4) is 0 Å². The second-order valence-corrected chi connectivity index (χ2v) is 6.56. The first-order valence-corrected chi connectivity index (χ1v) is 8.66. The Balaban J connectivity index is 1.42. The number of amides is 1. The second-order valence-electron chi connectivity index (χ2n) is 5.07. The van der Waals surface area contributed by atoms with Crippen LogP contribution in [0.4, 0.5) is 0 Å². The molecule has 23 heavy (non-hydrogen) atoms. The lowest BCUT2D eigenvalue weighted by atomic mass is 10.2. The maximum Gasteiger partial charge on any atom is 0.255 e. The van der Waals surface area contributed by atoms with Crippen LogP contribution in [0.15, 0.2) is 33.7 Å². The molecular formula is C15H16ClN3O3S. The van der Waals surface area contributed by atoms with Crippen LogP contribution in [0, 0.1) is 0 Å². The van der Waals surface area contributed by atoms with Crippen molar-refractivity contribution in [3.05, 3.63) is 41.0 Å². The van der Waals surface area contributed by atoms with Gasteiger partial charge in [-0.05, 0) is 37.1 Å². The summed E-state index contributed by atoms with van der Waals surface area (Å²) in [5.74, 6) is 1.17. The summed E-state index contributed by atoms with van der Waals surface area (Å²) in [6.45, 7) is 0.970. The van der Waals surface area contributed by atoms with E-state index in [2.05, 4.69) is 15.5 Å². The zero-order chi connectivity index (χ0) is 16.1. The zero-order valence-electron chi connectivity index (χ0n) is 12.3. The number of thioether (sulfide) groups is 1. The summed E-state index contributed by atoms with van der Waals surface area (Å²) in [6.07, 6.45) is 1.79. The van der Waals surface area contributed by atoms with Crippen molar-refractivity contribution in [2.24, 2.45) is 0 Å². The molecule has 0 spiro atoms. The van der Waals surface area contributed by atoms with Crippen molar-refractivity contribution in [1.29, 1.82) is 0 Å². The van der Waals surface area contributed by atoms with Crippen molar-refractivity contribution in [2.75, 3.05) is 12.4 Å². The summed E-state index contributed by atoms with van der Waals surface area (Å²) in [7, 11) is 0. The highest BCUT2D eigenvalue weighted by Gasteiger charge is 2.23. The van der Waals surface area contributed by atoms with E-state index in [1.807, 2.05) is 12.1 Å². The fourth-order valence-corrected chi connectivity index (χ4v) is 3.01. The van der Waals surface area contributed by atoms with E-state index < -0.39 is 0 Å². The summed E-state index contributed by atoms with van der Waals surface area (Å²) in [4.78, 5) is 17.1. The van der Waals surface area contributed by atoms with E-state index in [0.29, 0.717) is 22.5 Å². The molecule has 6 nitrogen and oxygen atoms in total. The molecule has 1 unspecified atom stereocenters. The maximum atomic E-state index is 11.9. The Bertz CT molecular complexity index is 656. The van der Waals surface area contributed by atoms with Crippen LogP contribution >= 0.6 is 23.4 Å². The van der Waals surface area contributed by atoms with Gasteiger partial charge in [0.1, 0.15) is 6.10 Å². The van der Waals surface area contributed by atoms with Gasteiger partial charge in [0.15, 0.2) is 5.82 Å². The Morgan fingerprint density at radius 1 is 1.39 bits per heavy atom. The third-order valence-corrected chi connectivity index (χ3v) is 4.58. The number of aromatic nitrogens is 2. The van der Waals surface area contributed by atoms with E-state index in [-0.39, 0.29) is 18.6 Å². The average Bonchev–Trinajstić information content (AvgIpc) is 3.23. The van der Waals surface area contributed by atoms with Crippen LogP contribution in [0.3, 0.4) is 0 Å². The Morgan fingerprint density at radius 2 is 2.22 bits per heavy atom. The molecule has 1 aliphatic rings. The predicted molar refractivity (Wildman–Crippen MR) is 86.2 cm³/mol. The van der Waals surface area contributed by atoms with Crippen molar-refractivity contribution < 1.29 is 14.1 Å². The largest absolute Gasteiger partial charge is 0.368 e. The van der Waals surface area contributed by atoms with Gasteiger partial charge < -0.3 is 14.6 Å². The number of ether oxygens (including phenoxy) is 1. The lowest BCUT2D eigenvalue weighted by Gasteiger charge is -2.03. The number of halogens is 1. The van der Waals surface area contributed by atoms with Crippen molar-refractivity contribution in [1.82, 2.24) is 15.5 Å². The van der Waals surface area contributed by atoms with E-state index >= 15 is 0 Å². The minimum atomic E-state index is -0.104. The summed E-state index contributed by atoms with van der Waals surface area (Å²) < 4.78 is 10.6. The van der Waals surface area contributed by atoms with Gasteiger partial charge in [0.25, 0.3) is 5.89 Å². The van der Waals surface area contributed by atoms with Crippen molar-refractivity contribution >= 4 is 29.3 Å². The molecule has 2 heterocycles. The molecule has 1 aromatic heterocycles. The number of carbonyl (C=O) groups excluding carboxylic acids is 1. The molecule has 0 saturated carbocycles. The molecule has 1 amide bonds. The number of nitrogens with one attached hydrogen (secondary N) is 1. The predicted octanol–water partition coefficient (Wildman–Crippen LogP) is 2.98. The first-order chi connectivity index (χ1) is 11.2. The van der Waals surface area contributed by atoms with Gasteiger partial charge in [-0.15, -0.1) is 11.8 Å². The molecule has 122 valence electrons. The SMILES string of the molecule is O=C(CSc1ccc(Cl)cc1)NCc1noc(C2CCCO2)n1. The van der Waals surface area contributed by atoms with E-state index in [1.54, 1.807) is 12.1 Å². The molecular weight excluding hydrogens is 338 g/mol. The average molecular weight is 354 g/mol. The number of hydrogen-bond donors (Lipinski definition) is 1. The monoisotopic (exact) mass is 353 g/mol. The molecule has 1 aliphatic heterocycles. The van der Waals surface area contributed by atoms with Crippen LogP contribution in [0.2, 0.25) is 5.02 Å². The molecule has 0 radical (unpaired) electrons. The first kappa shape index (κ1) is 16.3. The molecule has 0 bridgehead atoms. The van der Waals surface area contributed by atoms with Crippen LogP contribution in [-0.2, 0) is 16.1 Å². The normalized spacial score (nSPS) is 17.3. The molecule has 0 aliphatic carbocycles. The van der Waals surface area contributed by atoms with Crippen molar-refractivity contribution in [3.63, 3.8) is 0 Å². The number of carbonyl (C=O) groups is 1. The van der Waals surface area contributed by atoms with Crippen LogP contribution in [-0.4, -0.2) is 28.4 Å². The van der Waals surface area contributed by atoms with E-state index in [9.17, 15) is 4.79 Å². The standard InChI is InChI=1S/C15H16ClN3O3S/c16-10-3-5-11(6-4-10)23-9-14(20)17-8-13-18-15(22-19-13)12-2-1-7-21-12/h3-6,12H,1-2,7-9H2,(H,17,20). The van der Waals surface area contributed by atoms with Gasteiger partial charge in [0.2, 0.25) is 5.91 Å². The highest BCUT2D eigenvalue weighted by Crippen LogP contribution is 2.26. The summed E-state index contributed by atoms with van der Waals surface area (Å²) in [6, 6.07) is 7.36. The fraction of sp³-hybridized carbons (Fsp3) is 0.400. The number of nitrogens with zero attached hydrogens (tertiary/aromatic N) is 2. The van der Waals surface area contributed by atoms with Gasteiger partial charge in [0, 0.05) is 16.5 Å². The van der Waals surface area contributed by atoms with E-state index in [0.717, 1.165) is 24.3 Å². The molecule has 1 aromatic carbocycles. The first-order valence-electron chi connectivity index (χ1n) is 7.30. The smallest absolute Gasteiger partial charge is 0.255 e. The summed E-state index contributed by atoms with van der Waals surface area (Å²) in [5, 5.41) is 7.31. The minimum absolute atomic E-state index is 0.0894. The van der Waals surface area contributed by atoms with E-state index in [1.165, 1.54) is 11.8 Å². The number of hydrogen-bond acceptors (Lipinski definition) is 6. The molecule has 1 fully saturated rings. The Labute approximate surface area is 142 Å². The number of rotatable bonds is 6. The van der Waals surface area contributed by atoms with Gasteiger partial charge in [-0.3, -0.25) is 4.79 Å². The van der Waals surface area contributed by atoms with Gasteiger partial charge in [-0.1, -0.05) is 16.8 Å². The highest BCUT2D eigenvalue weighted by atomic mass is 35.5. The topological polar surface area (TPSA) is 77.2 Å². The van der Waals surface area contributed by atoms with Crippen LogP contribution in [0.5, 0.6) is 0 Å². The van der Waals surface area contributed by atoms with Gasteiger partial charge in [-0.2, -0.15) is 4.98 Å². The summed E-state index contributed by atoms with van der Waals surface area (Å²) >= 11 is 7.26. The zero-order valence-corrected chi connectivity index (χ0v) is 13.9. The third kappa shape index (κ3) is 4.70. The second kappa shape index (κ2) is 7.81. The van der Waals surface area contributed by atoms with Gasteiger partial charge in [-0.25, -0.2) is 0 Å². The van der Waals surface area contributed by atoms with Crippen LogP contribution < -0.4 is 5.32 Å². The Hall–Kier alpha value is -1.57.